The molecule has 4 nitrogen and oxygen atoms in total. The van der Waals surface area contributed by atoms with E-state index in [1.165, 1.54) is 5.56 Å². The molecule has 0 spiro atoms. The quantitative estimate of drug-likeness (QED) is 0.932. The van der Waals surface area contributed by atoms with Crippen LogP contribution in [0.1, 0.15) is 17.0 Å². The second-order valence-electron chi connectivity index (χ2n) is 4.83. The van der Waals surface area contributed by atoms with Crippen LogP contribution >= 0.6 is 15.9 Å². The van der Waals surface area contributed by atoms with Gasteiger partial charge >= 0.3 is 0 Å². The average molecular weight is 338 g/mol. The van der Waals surface area contributed by atoms with Crippen LogP contribution in [0.2, 0.25) is 0 Å². The molecule has 0 saturated heterocycles. The van der Waals surface area contributed by atoms with E-state index in [1.807, 2.05) is 13.1 Å². The van der Waals surface area contributed by atoms with Crippen molar-refractivity contribution in [3.8, 4) is 17.0 Å². The summed E-state index contributed by atoms with van der Waals surface area (Å²) in [7, 11) is 3.72. The van der Waals surface area contributed by atoms with Gasteiger partial charge in [0.25, 0.3) is 0 Å². The summed E-state index contributed by atoms with van der Waals surface area (Å²) in [6.07, 6.45) is 0.767. The van der Waals surface area contributed by atoms with Gasteiger partial charge in [0.1, 0.15) is 16.2 Å². The van der Waals surface area contributed by atoms with Gasteiger partial charge in [-0.1, -0.05) is 0 Å². The molecule has 0 amide bonds. The Morgan fingerprint density at radius 3 is 2.60 bits per heavy atom. The van der Waals surface area contributed by atoms with Gasteiger partial charge in [-0.15, -0.1) is 0 Å². The van der Waals surface area contributed by atoms with E-state index in [9.17, 15) is 0 Å². The van der Waals surface area contributed by atoms with E-state index in [-0.39, 0.29) is 0 Å². The lowest BCUT2D eigenvalue weighted by Crippen LogP contribution is -2.08. The molecule has 0 radical (unpaired) electrons. The first-order valence-electron chi connectivity index (χ1n) is 6.57. The Bertz CT molecular complexity index is 635. The maximum Gasteiger partial charge on any atom is 0.132 e. The van der Waals surface area contributed by atoms with Crippen molar-refractivity contribution < 1.29 is 4.74 Å². The number of benzene rings is 1. The minimum Gasteiger partial charge on any atom is -0.496 e. The molecule has 0 aliphatic rings. The minimum absolute atomic E-state index is 0.595. The first-order chi connectivity index (χ1) is 9.51. The van der Waals surface area contributed by atoms with Gasteiger partial charge in [-0.05, 0) is 59.6 Å². The van der Waals surface area contributed by atoms with E-state index in [0.717, 1.165) is 39.4 Å². The number of aromatic nitrogens is 2. The van der Waals surface area contributed by atoms with Gasteiger partial charge in [-0.25, -0.2) is 4.98 Å². The zero-order valence-electron chi connectivity index (χ0n) is 12.3. The molecule has 0 unspecified atom stereocenters. The molecule has 2 aromatic rings. The molecule has 1 aromatic carbocycles. The van der Waals surface area contributed by atoms with Gasteiger partial charge < -0.3 is 15.0 Å². The zero-order chi connectivity index (χ0) is 14.9. The summed E-state index contributed by atoms with van der Waals surface area (Å²) in [5, 5.41) is 0. The van der Waals surface area contributed by atoms with Crippen LogP contribution in [-0.2, 0) is 13.5 Å². The maximum absolute atomic E-state index is 5.63. The van der Waals surface area contributed by atoms with Crippen LogP contribution in [0.5, 0.6) is 5.75 Å². The van der Waals surface area contributed by atoms with Crippen LogP contribution < -0.4 is 10.5 Å². The first-order valence-corrected chi connectivity index (χ1v) is 7.36. The molecule has 2 N–H and O–H groups in total. The lowest BCUT2D eigenvalue weighted by molar-refractivity contribution is 0.411. The van der Waals surface area contributed by atoms with Gasteiger partial charge in [-0.2, -0.15) is 0 Å². The Labute approximate surface area is 128 Å². The Hall–Kier alpha value is -1.33. The maximum atomic E-state index is 5.63. The number of ether oxygens (including phenoxy) is 1. The van der Waals surface area contributed by atoms with Crippen molar-refractivity contribution in [1.82, 2.24) is 9.55 Å². The van der Waals surface area contributed by atoms with Gasteiger partial charge in [0.15, 0.2) is 0 Å². The molecule has 0 aliphatic heterocycles. The molecule has 5 heteroatoms. The molecule has 1 aromatic heterocycles. The summed E-state index contributed by atoms with van der Waals surface area (Å²) in [6, 6.07) is 4.08. The number of hydrogen-bond donors (Lipinski definition) is 1. The number of hydrogen-bond acceptors (Lipinski definition) is 3. The van der Waals surface area contributed by atoms with E-state index in [4.69, 9.17) is 10.5 Å². The summed E-state index contributed by atoms with van der Waals surface area (Å²) < 4.78 is 8.33. The lowest BCUT2D eigenvalue weighted by Gasteiger charge is -2.14. The van der Waals surface area contributed by atoms with Crippen molar-refractivity contribution in [1.29, 1.82) is 0 Å². The minimum atomic E-state index is 0.595. The van der Waals surface area contributed by atoms with Crippen molar-refractivity contribution in [2.45, 2.75) is 20.3 Å². The van der Waals surface area contributed by atoms with Crippen molar-refractivity contribution in [3.63, 3.8) is 0 Å². The molecular formula is C15H20BrN3O. The zero-order valence-corrected chi connectivity index (χ0v) is 13.9. The average Bonchev–Trinajstić information content (AvgIpc) is 2.69. The monoisotopic (exact) mass is 337 g/mol. The first kappa shape index (κ1) is 15.1. The predicted octanol–water partition coefficient (Wildman–Crippen LogP) is 2.98. The number of nitrogens with two attached hydrogens (primary N) is 1. The number of methoxy groups -OCH3 is 1. The fraction of sp³-hybridized carbons (Fsp3) is 0.400. The SMILES string of the molecule is COc1ccc(-c2c(Br)nc(CCN)n2C)c(C)c1C. The smallest absolute Gasteiger partial charge is 0.132 e. The van der Waals surface area contributed by atoms with Gasteiger partial charge in [0.2, 0.25) is 0 Å². The van der Waals surface area contributed by atoms with E-state index in [2.05, 4.69) is 45.4 Å². The standard InChI is InChI=1S/C15H20BrN3O/c1-9-10(2)12(20-4)6-5-11(9)14-15(16)18-13(7-8-17)19(14)3/h5-6H,7-8,17H2,1-4H3. The molecule has 20 heavy (non-hydrogen) atoms. The van der Waals surface area contributed by atoms with Gasteiger partial charge in [-0.3, -0.25) is 0 Å². The Morgan fingerprint density at radius 2 is 2.00 bits per heavy atom. The number of halogens is 1. The molecule has 2 rings (SSSR count). The Morgan fingerprint density at radius 1 is 1.30 bits per heavy atom. The van der Waals surface area contributed by atoms with Crippen molar-refractivity contribution in [2.75, 3.05) is 13.7 Å². The summed E-state index contributed by atoms with van der Waals surface area (Å²) >= 11 is 3.56. The van der Waals surface area contributed by atoms with Gasteiger partial charge in [0, 0.05) is 19.0 Å². The second-order valence-corrected chi connectivity index (χ2v) is 5.58. The molecule has 1 heterocycles. The summed E-state index contributed by atoms with van der Waals surface area (Å²) in [4.78, 5) is 4.56. The normalized spacial score (nSPS) is 10.9. The van der Waals surface area contributed by atoms with Crippen LogP contribution in [0, 0.1) is 13.8 Å². The summed E-state index contributed by atoms with van der Waals surface area (Å²) in [5.74, 6) is 1.90. The highest BCUT2D eigenvalue weighted by Gasteiger charge is 2.17. The summed E-state index contributed by atoms with van der Waals surface area (Å²) in [6.45, 7) is 4.77. The van der Waals surface area contributed by atoms with Crippen LogP contribution in [0.3, 0.4) is 0 Å². The van der Waals surface area contributed by atoms with Crippen LogP contribution in [0.15, 0.2) is 16.7 Å². The van der Waals surface area contributed by atoms with Crippen LogP contribution in [0.25, 0.3) is 11.3 Å². The fourth-order valence-electron chi connectivity index (χ4n) is 2.43. The second kappa shape index (κ2) is 5.97. The predicted molar refractivity (Wildman–Crippen MR) is 85.1 cm³/mol. The van der Waals surface area contributed by atoms with E-state index in [0.29, 0.717) is 6.54 Å². The number of nitrogens with zero attached hydrogens (tertiary/aromatic N) is 2. The van der Waals surface area contributed by atoms with Gasteiger partial charge in [0.05, 0.1) is 12.8 Å². The third-order valence-electron chi connectivity index (χ3n) is 3.73. The van der Waals surface area contributed by atoms with E-state index in [1.54, 1.807) is 7.11 Å². The fourth-order valence-corrected chi connectivity index (χ4v) is 3.11. The molecular weight excluding hydrogens is 318 g/mol. The molecule has 0 saturated carbocycles. The molecule has 0 bridgehead atoms. The lowest BCUT2D eigenvalue weighted by atomic mass is 10.0. The summed E-state index contributed by atoms with van der Waals surface area (Å²) in [5.41, 5.74) is 10.2. The molecule has 0 fully saturated rings. The molecule has 0 atom stereocenters. The topological polar surface area (TPSA) is 53.1 Å². The molecule has 108 valence electrons. The highest BCUT2D eigenvalue weighted by Crippen LogP contribution is 2.35. The number of imidazole rings is 1. The van der Waals surface area contributed by atoms with Crippen molar-refractivity contribution in [2.24, 2.45) is 12.8 Å². The van der Waals surface area contributed by atoms with Crippen molar-refractivity contribution in [3.05, 3.63) is 33.7 Å². The highest BCUT2D eigenvalue weighted by molar-refractivity contribution is 9.10. The van der Waals surface area contributed by atoms with Crippen LogP contribution in [-0.4, -0.2) is 23.2 Å². The van der Waals surface area contributed by atoms with Crippen molar-refractivity contribution >= 4 is 15.9 Å². The van der Waals surface area contributed by atoms with E-state index < -0.39 is 0 Å². The Kier molecular flexibility index (Phi) is 4.50. The third kappa shape index (κ3) is 2.47. The number of rotatable bonds is 4. The van der Waals surface area contributed by atoms with Crippen LogP contribution in [0.4, 0.5) is 0 Å². The highest BCUT2D eigenvalue weighted by atomic mass is 79.9. The third-order valence-corrected chi connectivity index (χ3v) is 4.28. The van der Waals surface area contributed by atoms with E-state index >= 15 is 0 Å². The largest absolute Gasteiger partial charge is 0.496 e. The molecule has 0 aliphatic carbocycles. The Balaban J connectivity index is 2.60.